The van der Waals surface area contributed by atoms with Crippen LogP contribution in [0.1, 0.15) is 40.7 Å². The van der Waals surface area contributed by atoms with E-state index in [1.54, 1.807) is 18.2 Å². The van der Waals surface area contributed by atoms with Gasteiger partial charge in [-0.25, -0.2) is 0 Å². The van der Waals surface area contributed by atoms with E-state index < -0.39 is 43.1 Å². The number of carbonyl (C=O) groups is 1. The first-order valence-corrected chi connectivity index (χ1v) is 14.3. The molecule has 4 N–H and O–H groups in total. The lowest BCUT2D eigenvalue weighted by atomic mass is 9.99. The molecule has 228 valence electrons. The molecule has 2 aliphatic heterocycles. The minimum absolute atomic E-state index is 0.0285. The fourth-order valence-corrected chi connectivity index (χ4v) is 4.87. The van der Waals surface area contributed by atoms with E-state index in [-0.39, 0.29) is 30.0 Å². The summed E-state index contributed by atoms with van der Waals surface area (Å²) in [6.07, 6.45) is -1.77. The molecule has 0 amide bonds. The summed E-state index contributed by atoms with van der Waals surface area (Å²) in [5.41, 5.74) is 1.71. The second kappa shape index (κ2) is 14.6. The molecule has 5 rings (SSSR count). The highest BCUT2D eigenvalue weighted by atomic mass is 16.7. The number of hydrogen-bond acceptors (Lipinski definition) is 10. The van der Waals surface area contributed by atoms with Crippen molar-refractivity contribution in [2.45, 2.75) is 62.9 Å². The molecule has 2 aliphatic rings. The third-order valence-electron chi connectivity index (χ3n) is 7.28. The number of aliphatic hydroxyl groups excluding tert-OH is 4. The lowest BCUT2D eigenvalue weighted by Crippen LogP contribution is -2.60. The maximum Gasteiger partial charge on any atom is 0.229 e. The van der Waals surface area contributed by atoms with E-state index in [4.69, 9.17) is 23.7 Å². The Kier molecular flexibility index (Phi) is 10.4. The quantitative estimate of drug-likeness (QED) is 0.194. The Labute approximate surface area is 249 Å². The van der Waals surface area contributed by atoms with E-state index in [1.807, 2.05) is 54.6 Å². The van der Waals surface area contributed by atoms with Gasteiger partial charge >= 0.3 is 0 Å². The Morgan fingerprint density at radius 2 is 1.63 bits per heavy atom. The molecule has 0 saturated carbocycles. The standard InChI is InChI=1S/C33H36O10/c34-19-27-30(36)31(37)32(38)33(43-27)42-26-10-6-9-25(40-20-22-7-2-1-3-8-22)29(26)24(35)17-14-21-12-15-23(16-13-21)41-28-11-4-5-18-39-28/h1-3,6-10,12-17,27-28,30-34,36-38H,4-5,11,18-20H2/t27-,28?,30-,31+,32-,33-/m1/s1. The highest BCUT2D eigenvalue weighted by molar-refractivity contribution is 6.10. The van der Waals surface area contributed by atoms with Gasteiger partial charge in [-0.05, 0) is 54.3 Å². The van der Waals surface area contributed by atoms with E-state index in [0.29, 0.717) is 12.4 Å². The average Bonchev–Trinajstić information content (AvgIpc) is 3.04. The molecule has 10 heteroatoms. The topological polar surface area (TPSA) is 144 Å². The van der Waals surface area contributed by atoms with Crippen LogP contribution in [0.2, 0.25) is 0 Å². The average molecular weight is 593 g/mol. The van der Waals surface area contributed by atoms with Crippen LogP contribution >= 0.6 is 0 Å². The van der Waals surface area contributed by atoms with Crippen molar-refractivity contribution in [3.63, 3.8) is 0 Å². The van der Waals surface area contributed by atoms with Gasteiger partial charge in [-0.3, -0.25) is 4.79 Å². The first-order chi connectivity index (χ1) is 20.9. The Morgan fingerprint density at radius 1 is 0.860 bits per heavy atom. The van der Waals surface area contributed by atoms with Crippen LogP contribution in [0.4, 0.5) is 0 Å². The summed E-state index contributed by atoms with van der Waals surface area (Å²) in [5, 5.41) is 40.4. The third-order valence-corrected chi connectivity index (χ3v) is 7.28. The van der Waals surface area contributed by atoms with E-state index in [2.05, 4.69) is 0 Å². The second-order valence-corrected chi connectivity index (χ2v) is 10.4. The molecule has 0 aromatic heterocycles. The summed E-state index contributed by atoms with van der Waals surface area (Å²) in [4.78, 5) is 13.6. The molecule has 1 unspecified atom stereocenters. The molecule has 3 aromatic rings. The Balaban J connectivity index is 1.36. The first kappa shape index (κ1) is 30.7. The monoisotopic (exact) mass is 592 g/mol. The van der Waals surface area contributed by atoms with Gasteiger partial charge in [0.2, 0.25) is 6.29 Å². The highest BCUT2D eigenvalue weighted by Gasteiger charge is 2.45. The Morgan fingerprint density at radius 3 is 2.35 bits per heavy atom. The molecule has 0 aliphatic carbocycles. The number of carbonyl (C=O) groups excluding carboxylic acids is 1. The third kappa shape index (κ3) is 7.80. The predicted octanol–water partition coefficient (Wildman–Crippen LogP) is 3.25. The van der Waals surface area contributed by atoms with E-state index in [1.165, 1.54) is 12.1 Å². The van der Waals surface area contributed by atoms with Crippen LogP contribution in [0.25, 0.3) is 6.08 Å². The molecule has 3 aromatic carbocycles. The van der Waals surface area contributed by atoms with Gasteiger partial charge in [-0.2, -0.15) is 0 Å². The maximum atomic E-state index is 13.6. The van der Waals surface area contributed by atoms with Crippen LogP contribution in [0, 0.1) is 0 Å². The number of allylic oxidation sites excluding steroid dienone is 1. The number of hydrogen-bond donors (Lipinski definition) is 4. The summed E-state index contributed by atoms with van der Waals surface area (Å²) in [6, 6.07) is 21.5. The molecule has 10 nitrogen and oxygen atoms in total. The smallest absolute Gasteiger partial charge is 0.229 e. The first-order valence-electron chi connectivity index (χ1n) is 14.3. The van der Waals surface area contributed by atoms with Crippen LogP contribution in [0.15, 0.2) is 78.9 Å². The van der Waals surface area contributed by atoms with Gasteiger partial charge in [0, 0.05) is 6.42 Å². The van der Waals surface area contributed by atoms with Crippen LogP contribution < -0.4 is 14.2 Å². The molecule has 2 heterocycles. The fraction of sp³-hybridized carbons (Fsp3) is 0.364. The van der Waals surface area contributed by atoms with Crippen molar-refractivity contribution in [2.75, 3.05) is 13.2 Å². The molecule has 0 radical (unpaired) electrons. The van der Waals surface area contributed by atoms with Crippen molar-refractivity contribution in [3.05, 3.63) is 95.6 Å². The summed E-state index contributed by atoms with van der Waals surface area (Å²) < 4.78 is 28.9. The predicted molar refractivity (Wildman–Crippen MR) is 156 cm³/mol. The summed E-state index contributed by atoms with van der Waals surface area (Å²) in [7, 11) is 0. The van der Waals surface area contributed by atoms with Crippen molar-refractivity contribution >= 4 is 11.9 Å². The minimum Gasteiger partial charge on any atom is -0.488 e. The zero-order valence-corrected chi connectivity index (χ0v) is 23.5. The van der Waals surface area contributed by atoms with E-state index in [9.17, 15) is 25.2 Å². The molecule has 2 saturated heterocycles. The van der Waals surface area contributed by atoms with Crippen LogP contribution in [0.3, 0.4) is 0 Å². The second-order valence-electron chi connectivity index (χ2n) is 10.4. The van der Waals surface area contributed by atoms with Gasteiger partial charge in [0.1, 0.15) is 53.8 Å². The van der Waals surface area contributed by atoms with Crippen LogP contribution in [-0.4, -0.2) is 76.4 Å². The van der Waals surface area contributed by atoms with Gasteiger partial charge < -0.3 is 44.1 Å². The van der Waals surface area contributed by atoms with E-state index in [0.717, 1.165) is 30.4 Å². The normalized spacial score (nSPS) is 25.8. The maximum absolute atomic E-state index is 13.6. The largest absolute Gasteiger partial charge is 0.488 e. The van der Waals surface area contributed by atoms with Gasteiger partial charge in [-0.1, -0.05) is 54.6 Å². The molecule has 43 heavy (non-hydrogen) atoms. The molecule has 2 fully saturated rings. The SMILES string of the molecule is O=C(C=Cc1ccc(OC2CCCCO2)cc1)c1c(OCc2ccccc2)cccc1O[C@@H]1O[C@H](CO)[C@@H](O)[C@H](O)[C@H]1O. The van der Waals surface area contributed by atoms with Crippen molar-refractivity contribution in [2.24, 2.45) is 0 Å². The lowest BCUT2D eigenvalue weighted by molar-refractivity contribution is -0.277. The lowest BCUT2D eigenvalue weighted by Gasteiger charge is -2.39. The number of ketones is 1. The minimum atomic E-state index is -1.65. The van der Waals surface area contributed by atoms with Gasteiger partial charge in [0.25, 0.3) is 0 Å². The number of ether oxygens (including phenoxy) is 5. The summed E-state index contributed by atoms with van der Waals surface area (Å²) in [5.74, 6) is 0.488. The zero-order valence-electron chi connectivity index (χ0n) is 23.5. The molecule has 6 atom stereocenters. The molecule has 0 spiro atoms. The van der Waals surface area contributed by atoms with Crippen LogP contribution in [-0.2, 0) is 16.1 Å². The van der Waals surface area contributed by atoms with Crippen LogP contribution in [0.5, 0.6) is 17.2 Å². The number of benzene rings is 3. The van der Waals surface area contributed by atoms with E-state index >= 15 is 0 Å². The molecule has 0 bridgehead atoms. The van der Waals surface area contributed by atoms with Crippen molar-refractivity contribution in [3.8, 4) is 17.2 Å². The molecular formula is C33H36O10. The Bertz CT molecular complexity index is 1350. The van der Waals surface area contributed by atoms with Crippen molar-refractivity contribution in [1.82, 2.24) is 0 Å². The molecular weight excluding hydrogens is 556 g/mol. The van der Waals surface area contributed by atoms with Crippen molar-refractivity contribution < 1.29 is 48.9 Å². The number of rotatable bonds is 11. The van der Waals surface area contributed by atoms with Gasteiger partial charge in [-0.15, -0.1) is 0 Å². The van der Waals surface area contributed by atoms with Gasteiger partial charge in [0.05, 0.1) is 13.2 Å². The summed E-state index contributed by atoms with van der Waals surface area (Å²) >= 11 is 0. The fourth-order valence-electron chi connectivity index (χ4n) is 4.87. The summed E-state index contributed by atoms with van der Waals surface area (Å²) in [6.45, 7) is 0.254. The van der Waals surface area contributed by atoms with Gasteiger partial charge in [0.15, 0.2) is 12.1 Å². The van der Waals surface area contributed by atoms with Crippen molar-refractivity contribution in [1.29, 1.82) is 0 Å². The highest BCUT2D eigenvalue weighted by Crippen LogP contribution is 2.33. The number of aliphatic hydroxyl groups is 4. The Hall–Kier alpha value is -3.77. The zero-order chi connectivity index (χ0) is 30.2.